The second-order valence-electron chi connectivity index (χ2n) is 4.51. The van der Waals surface area contributed by atoms with E-state index in [0.717, 1.165) is 23.8 Å². The fraction of sp³-hybridized carbons (Fsp3) is 0.538. The van der Waals surface area contributed by atoms with Gasteiger partial charge in [-0.1, -0.05) is 0 Å². The van der Waals surface area contributed by atoms with Crippen LogP contribution in [0, 0.1) is 5.92 Å². The smallest absolute Gasteiger partial charge is 0.122 e. The molecule has 0 spiro atoms. The molecule has 0 N–H and O–H groups in total. The molecule has 0 saturated carbocycles. The van der Waals surface area contributed by atoms with Crippen molar-refractivity contribution in [1.82, 2.24) is 4.90 Å². The predicted octanol–water partition coefficient (Wildman–Crippen LogP) is 1.81. The maximum absolute atomic E-state index is 5.26. The zero-order valence-corrected chi connectivity index (χ0v) is 10.2. The highest BCUT2D eigenvalue weighted by molar-refractivity contribution is 5.38. The fourth-order valence-corrected chi connectivity index (χ4v) is 2.27. The average Bonchev–Trinajstić information content (AvgIpc) is 2.26. The minimum Gasteiger partial charge on any atom is -0.497 e. The zero-order chi connectivity index (χ0) is 11.5. The quantitative estimate of drug-likeness (QED) is 0.774. The van der Waals surface area contributed by atoms with E-state index in [-0.39, 0.29) is 0 Å². The van der Waals surface area contributed by atoms with Crippen LogP contribution in [0.5, 0.6) is 11.5 Å². The van der Waals surface area contributed by atoms with Crippen LogP contribution in [0.3, 0.4) is 0 Å². The zero-order valence-electron chi connectivity index (χ0n) is 10.2. The topological polar surface area (TPSA) is 21.7 Å². The summed E-state index contributed by atoms with van der Waals surface area (Å²) in [7, 11) is 5.54. The van der Waals surface area contributed by atoms with Crippen LogP contribution >= 0.6 is 0 Å². The van der Waals surface area contributed by atoms with Crippen LogP contribution in [0.25, 0.3) is 0 Å². The molecule has 0 bridgehead atoms. The lowest BCUT2D eigenvalue weighted by molar-refractivity contribution is 0.134. The highest BCUT2D eigenvalue weighted by Gasteiger charge is 2.23. The molecule has 0 aliphatic carbocycles. The highest BCUT2D eigenvalue weighted by atomic mass is 16.5. The molecule has 0 radical (unpaired) electrons. The highest BCUT2D eigenvalue weighted by Crippen LogP contribution is 2.26. The summed E-state index contributed by atoms with van der Waals surface area (Å²) in [4.78, 5) is 2.34. The lowest BCUT2D eigenvalue weighted by atomic mass is 9.92. The van der Waals surface area contributed by atoms with E-state index in [2.05, 4.69) is 24.1 Å². The van der Waals surface area contributed by atoms with Crippen molar-refractivity contribution < 1.29 is 9.47 Å². The molecule has 16 heavy (non-hydrogen) atoms. The number of methoxy groups -OCH3 is 2. The summed E-state index contributed by atoms with van der Waals surface area (Å²) in [5.74, 6) is 2.53. The normalized spacial score (nSPS) is 16.9. The van der Waals surface area contributed by atoms with E-state index in [1.165, 1.54) is 18.7 Å². The Hall–Kier alpha value is -1.22. The van der Waals surface area contributed by atoms with Crippen LogP contribution in [-0.2, 0) is 6.42 Å². The summed E-state index contributed by atoms with van der Waals surface area (Å²) < 4.78 is 10.5. The van der Waals surface area contributed by atoms with Crippen LogP contribution in [-0.4, -0.2) is 39.3 Å². The molecule has 3 heteroatoms. The maximum Gasteiger partial charge on any atom is 0.122 e. The minimum atomic E-state index is 0.779. The van der Waals surface area contributed by atoms with Gasteiger partial charge >= 0.3 is 0 Å². The van der Waals surface area contributed by atoms with E-state index < -0.39 is 0 Å². The van der Waals surface area contributed by atoms with Crippen LogP contribution in [0.1, 0.15) is 5.56 Å². The number of hydrogen-bond acceptors (Lipinski definition) is 3. The molecule has 1 aromatic carbocycles. The SMILES string of the molecule is COc1cc(CC2CN(C)C2)cc(OC)c1. The van der Waals surface area contributed by atoms with Crippen molar-refractivity contribution in [3.63, 3.8) is 0 Å². The van der Waals surface area contributed by atoms with Crippen LogP contribution in [0.15, 0.2) is 18.2 Å². The molecule has 0 amide bonds. The maximum atomic E-state index is 5.26. The van der Waals surface area contributed by atoms with Crippen LogP contribution in [0.2, 0.25) is 0 Å². The average molecular weight is 221 g/mol. The Bertz CT molecular complexity index is 337. The number of benzene rings is 1. The van der Waals surface area contributed by atoms with E-state index in [1.807, 2.05) is 6.07 Å². The molecule has 1 saturated heterocycles. The van der Waals surface area contributed by atoms with Crippen molar-refractivity contribution >= 4 is 0 Å². The Labute approximate surface area is 97.0 Å². The molecular weight excluding hydrogens is 202 g/mol. The Morgan fingerprint density at radius 1 is 1.12 bits per heavy atom. The lowest BCUT2D eigenvalue weighted by Gasteiger charge is -2.36. The third-order valence-electron chi connectivity index (χ3n) is 3.08. The molecule has 0 unspecified atom stereocenters. The molecule has 2 rings (SSSR count). The minimum absolute atomic E-state index is 0.779. The summed E-state index contributed by atoms with van der Waals surface area (Å²) in [6.45, 7) is 2.39. The molecule has 88 valence electrons. The van der Waals surface area contributed by atoms with Gasteiger partial charge in [0.15, 0.2) is 0 Å². The summed E-state index contributed by atoms with van der Waals surface area (Å²) >= 11 is 0. The van der Waals surface area contributed by atoms with Gasteiger partial charge in [-0.2, -0.15) is 0 Å². The first-order valence-electron chi connectivity index (χ1n) is 5.61. The van der Waals surface area contributed by atoms with Crippen molar-refractivity contribution in [2.45, 2.75) is 6.42 Å². The summed E-state index contributed by atoms with van der Waals surface area (Å²) in [5, 5.41) is 0. The molecule has 1 aromatic rings. The van der Waals surface area contributed by atoms with Gasteiger partial charge in [0.05, 0.1) is 14.2 Å². The number of ether oxygens (including phenoxy) is 2. The van der Waals surface area contributed by atoms with Gasteiger partial charge in [-0.15, -0.1) is 0 Å². The lowest BCUT2D eigenvalue weighted by Crippen LogP contribution is -2.44. The van der Waals surface area contributed by atoms with Crippen LogP contribution < -0.4 is 9.47 Å². The molecular formula is C13H19NO2. The van der Waals surface area contributed by atoms with Gasteiger partial charge in [-0.25, -0.2) is 0 Å². The fourth-order valence-electron chi connectivity index (χ4n) is 2.27. The van der Waals surface area contributed by atoms with Crippen molar-refractivity contribution in [1.29, 1.82) is 0 Å². The molecule has 3 nitrogen and oxygen atoms in total. The first-order valence-corrected chi connectivity index (χ1v) is 5.61. The molecule has 0 aromatic heterocycles. The third kappa shape index (κ3) is 2.47. The van der Waals surface area contributed by atoms with E-state index in [9.17, 15) is 0 Å². The van der Waals surface area contributed by atoms with E-state index in [4.69, 9.17) is 9.47 Å². The van der Waals surface area contributed by atoms with Gasteiger partial charge < -0.3 is 14.4 Å². The first kappa shape index (κ1) is 11.3. The molecule has 1 fully saturated rings. The van der Waals surface area contributed by atoms with Gasteiger partial charge in [0, 0.05) is 19.2 Å². The third-order valence-corrected chi connectivity index (χ3v) is 3.08. The first-order chi connectivity index (χ1) is 7.71. The van der Waals surface area contributed by atoms with Crippen molar-refractivity contribution in [3.05, 3.63) is 23.8 Å². The van der Waals surface area contributed by atoms with E-state index in [0.29, 0.717) is 0 Å². The monoisotopic (exact) mass is 221 g/mol. The Balaban J connectivity index is 2.07. The Morgan fingerprint density at radius 2 is 1.69 bits per heavy atom. The van der Waals surface area contributed by atoms with Crippen molar-refractivity contribution in [2.24, 2.45) is 5.92 Å². The molecule has 0 atom stereocenters. The van der Waals surface area contributed by atoms with Gasteiger partial charge in [-0.3, -0.25) is 0 Å². The second-order valence-corrected chi connectivity index (χ2v) is 4.51. The van der Waals surface area contributed by atoms with E-state index >= 15 is 0 Å². The Morgan fingerprint density at radius 3 is 2.12 bits per heavy atom. The van der Waals surface area contributed by atoms with Gasteiger partial charge in [0.25, 0.3) is 0 Å². The summed E-state index contributed by atoms with van der Waals surface area (Å²) in [6, 6.07) is 6.11. The standard InChI is InChI=1S/C13H19NO2/c1-14-8-11(9-14)4-10-5-12(15-2)7-13(6-10)16-3/h5-7,11H,4,8-9H2,1-3H3. The summed E-state index contributed by atoms with van der Waals surface area (Å²) in [5.41, 5.74) is 1.30. The Kier molecular flexibility index (Phi) is 3.34. The van der Waals surface area contributed by atoms with Gasteiger partial charge in [0.1, 0.15) is 11.5 Å². The number of hydrogen-bond donors (Lipinski definition) is 0. The van der Waals surface area contributed by atoms with Gasteiger partial charge in [-0.05, 0) is 37.1 Å². The second kappa shape index (κ2) is 4.74. The predicted molar refractivity (Wildman–Crippen MR) is 64.2 cm³/mol. The van der Waals surface area contributed by atoms with E-state index in [1.54, 1.807) is 14.2 Å². The molecule has 1 heterocycles. The van der Waals surface area contributed by atoms with Crippen molar-refractivity contribution in [2.75, 3.05) is 34.4 Å². The number of rotatable bonds is 4. The van der Waals surface area contributed by atoms with Gasteiger partial charge in [0.2, 0.25) is 0 Å². The molecule has 1 aliphatic heterocycles. The van der Waals surface area contributed by atoms with Crippen LogP contribution in [0.4, 0.5) is 0 Å². The largest absolute Gasteiger partial charge is 0.497 e. The number of likely N-dealkylation sites (tertiary alicyclic amines) is 1. The van der Waals surface area contributed by atoms with Crippen molar-refractivity contribution in [3.8, 4) is 11.5 Å². The number of nitrogens with zero attached hydrogens (tertiary/aromatic N) is 1. The summed E-state index contributed by atoms with van der Waals surface area (Å²) in [6.07, 6.45) is 1.11. The molecule has 1 aliphatic rings.